The summed E-state index contributed by atoms with van der Waals surface area (Å²) >= 11 is 5.34. The summed E-state index contributed by atoms with van der Waals surface area (Å²) in [5, 5.41) is 10.1. The molecular weight excluding hydrogens is 544 g/mol. The second-order valence-electron chi connectivity index (χ2n) is 9.88. The molecule has 3 unspecified atom stereocenters. The minimum absolute atomic E-state index is 0.0292. The number of carbonyl (C=O) groups excluding carboxylic acids is 3. The van der Waals surface area contributed by atoms with Gasteiger partial charge in [-0.15, -0.1) is 18.3 Å². The van der Waals surface area contributed by atoms with E-state index in [1.807, 2.05) is 39.0 Å². The summed E-state index contributed by atoms with van der Waals surface area (Å²) in [7, 11) is 0. The quantitative estimate of drug-likeness (QED) is 0.273. The molecule has 7 atom stereocenters. The number of halogens is 1. The topological polar surface area (TPSA) is 87.2 Å². The van der Waals surface area contributed by atoms with Gasteiger partial charge in [0, 0.05) is 22.3 Å². The van der Waals surface area contributed by atoms with Gasteiger partial charge in [0.1, 0.15) is 6.04 Å². The van der Waals surface area contributed by atoms with E-state index in [2.05, 4.69) is 22.5 Å². The number of nitrogens with zero attached hydrogens (tertiary/aromatic N) is 2. The monoisotopic (exact) mass is 578 g/mol. The zero-order valence-corrected chi connectivity index (χ0v) is 23.7. The summed E-state index contributed by atoms with van der Waals surface area (Å²) in [4.78, 5) is 45.1. The largest absolute Gasteiger partial charge is 0.466 e. The minimum atomic E-state index is -0.819. The van der Waals surface area contributed by atoms with Gasteiger partial charge in [0.25, 0.3) is 5.91 Å². The highest BCUT2D eigenvalue weighted by Gasteiger charge is 2.76. The van der Waals surface area contributed by atoms with E-state index in [9.17, 15) is 19.5 Å². The Balaban J connectivity index is 1.87. The number of anilines is 1. The molecule has 7 nitrogen and oxygen atoms in total. The standard InChI is InChI=1S/C27H35BrN2O5S/c1-6-12-29(21-15(4)10-9-11-16(21)5)25(33)23-27-13-18(28)22(36-27)19(26(34)35-8-3)20(27)24(32)30(23)17(7-2)14-31/h6,9-11,17-20,22-23,31H,1,7-8,12-14H2,2-5H3/t17-,18?,19-,20-,22-,23?,27?/m0/s1. The summed E-state index contributed by atoms with van der Waals surface area (Å²) in [5.41, 5.74) is 2.72. The Hall–Kier alpha value is -1.84. The van der Waals surface area contributed by atoms with Crippen molar-refractivity contribution < 1.29 is 24.2 Å². The average molecular weight is 580 g/mol. The van der Waals surface area contributed by atoms with E-state index in [4.69, 9.17) is 4.74 Å². The zero-order chi connectivity index (χ0) is 26.4. The number of esters is 1. The van der Waals surface area contributed by atoms with Crippen LogP contribution in [0.1, 0.15) is 37.8 Å². The van der Waals surface area contributed by atoms with Gasteiger partial charge < -0.3 is 19.6 Å². The van der Waals surface area contributed by atoms with Crippen molar-refractivity contribution in [1.29, 1.82) is 0 Å². The second kappa shape index (κ2) is 10.5. The number of para-hydroxylation sites is 1. The number of carbonyl (C=O) groups is 3. The molecule has 1 N–H and O–H groups in total. The summed E-state index contributed by atoms with van der Waals surface area (Å²) in [6, 6.07) is 4.55. The van der Waals surface area contributed by atoms with Crippen molar-refractivity contribution in [2.75, 3.05) is 24.7 Å². The summed E-state index contributed by atoms with van der Waals surface area (Å²) in [6.45, 7) is 11.7. The molecule has 1 spiro atoms. The lowest BCUT2D eigenvalue weighted by atomic mass is 9.71. The van der Waals surface area contributed by atoms with Gasteiger partial charge in [-0.2, -0.15) is 0 Å². The third-order valence-electron chi connectivity index (χ3n) is 7.88. The van der Waals surface area contributed by atoms with Crippen molar-refractivity contribution in [3.63, 3.8) is 0 Å². The molecule has 3 aliphatic heterocycles. The smallest absolute Gasteiger partial charge is 0.310 e. The number of aliphatic hydroxyl groups is 1. The Morgan fingerprint density at radius 1 is 1.36 bits per heavy atom. The number of hydrogen-bond acceptors (Lipinski definition) is 6. The van der Waals surface area contributed by atoms with Crippen molar-refractivity contribution in [2.24, 2.45) is 11.8 Å². The Morgan fingerprint density at radius 3 is 2.58 bits per heavy atom. The van der Waals surface area contributed by atoms with Gasteiger partial charge in [0.15, 0.2) is 0 Å². The molecule has 2 amide bonds. The number of rotatable bonds is 9. The molecule has 0 radical (unpaired) electrons. The fourth-order valence-electron chi connectivity index (χ4n) is 6.46. The maximum absolute atomic E-state index is 14.6. The first kappa shape index (κ1) is 27.2. The fraction of sp³-hybridized carbons (Fsp3) is 0.593. The van der Waals surface area contributed by atoms with Crippen LogP contribution in [0.5, 0.6) is 0 Å². The zero-order valence-electron chi connectivity index (χ0n) is 21.3. The number of alkyl halides is 1. The van der Waals surface area contributed by atoms with Gasteiger partial charge in [-0.25, -0.2) is 0 Å². The van der Waals surface area contributed by atoms with E-state index in [1.54, 1.807) is 34.6 Å². The first-order valence-electron chi connectivity index (χ1n) is 12.6. The Kier molecular flexibility index (Phi) is 7.93. The lowest BCUT2D eigenvalue weighted by Gasteiger charge is -2.40. The van der Waals surface area contributed by atoms with Crippen LogP contribution in [0.2, 0.25) is 0 Å². The van der Waals surface area contributed by atoms with E-state index in [0.717, 1.165) is 16.8 Å². The van der Waals surface area contributed by atoms with Crippen LogP contribution in [0.25, 0.3) is 0 Å². The maximum atomic E-state index is 14.6. The van der Waals surface area contributed by atoms with Crippen LogP contribution in [-0.2, 0) is 19.1 Å². The average Bonchev–Trinajstić information content (AvgIpc) is 3.43. The number of fused-ring (bicyclic) bond motifs is 1. The number of ether oxygens (including phenoxy) is 1. The van der Waals surface area contributed by atoms with Crippen LogP contribution in [0, 0.1) is 25.7 Å². The number of likely N-dealkylation sites (tertiary alicyclic amines) is 1. The number of benzene rings is 1. The molecule has 4 rings (SSSR count). The van der Waals surface area contributed by atoms with E-state index in [0.29, 0.717) is 12.8 Å². The molecule has 3 saturated heterocycles. The van der Waals surface area contributed by atoms with Gasteiger partial charge in [-0.1, -0.05) is 47.1 Å². The van der Waals surface area contributed by atoms with Crippen molar-refractivity contribution in [3.8, 4) is 0 Å². The van der Waals surface area contributed by atoms with Gasteiger partial charge in [-0.3, -0.25) is 14.4 Å². The fourth-order valence-corrected chi connectivity index (χ4v) is 10.0. The van der Waals surface area contributed by atoms with Crippen LogP contribution in [-0.4, -0.2) is 74.5 Å². The second-order valence-corrected chi connectivity index (χ2v) is 12.6. The summed E-state index contributed by atoms with van der Waals surface area (Å²) in [6.07, 6.45) is 2.77. The van der Waals surface area contributed by atoms with E-state index in [1.165, 1.54) is 0 Å². The lowest BCUT2D eigenvalue weighted by Crippen LogP contribution is -2.58. The Morgan fingerprint density at radius 2 is 2.03 bits per heavy atom. The van der Waals surface area contributed by atoms with Crippen molar-refractivity contribution >= 4 is 51.2 Å². The molecular formula is C27H35BrN2O5S. The molecule has 0 aromatic heterocycles. The van der Waals surface area contributed by atoms with Crippen molar-refractivity contribution in [3.05, 3.63) is 42.0 Å². The number of aryl methyl sites for hydroxylation is 2. The molecule has 3 fully saturated rings. The molecule has 9 heteroatoms. The lowest BCUT2D eigenvalue weighted by molar-refractivity contribution is -0.154. The van der Waals surface area contributed by atoms with E-state index in [-0.39, 0.29) is 47.6 Å². The highest BCUT2D eigenvalue weighted by Crippen LogP contribution is 2.68. The number of amides is 2. The van der Waals surface area contributed by atoms with Crippen LogP contribution in [0.3, 0.4) is 0 Å². The van der Waals surface area contributed by atoms with Gasteiger partial charge >= 0.3 is 5.97 Å². The van der Waals surface area contributed by atoms with E-state index < -0.39 is 28.7 Å². The molecule has 0 saturated carbocycles. The first-order valence-corrected chi connectivity index (χ1v) is 14.4. The molecule has 2 bridgehead atoms. The predicted octanol–water partition coefficient (Wildman–Crippen LogP) is 3.62. The van der Waals surface area contributed by atoms with Crippen LogP contribution in [0.4, 0.5) is 5.69 Å². The summed E-state index contributed by atoms with van der Waals surface area (Å²) < 4.78 is 4.62. The first-order chi connectivity index (χ1) is 17.2. The highest BCUT2D eigenvalue weighted by molar-refractivity contribution is 9.09. The van der Waals surface area contributed by atoms with Crippen LogP contribution in [0.15, 0.2) is 30.9 Å². The van der Waals surface area contributed by atoms with Crippen LogP contribution >= 0.6 is 27.7 Å². The van der Waals surface area contributed by atoms with Gasteiger partial charge in [0.05, 0.1) is 35.8 Å². The normalized spacial score (nSPS) is 31.3. The van der Waals surface area contributed by atoms with Gasteiger partial charge in [-0.05, 0) is 44.7 Å². The molecule has 3 heterocycles. The molecule has 196 valence electrons. The molecule has 36 heavy (non-hydrogen) atoms. The number of aliphatic hydroxyl groups excluding tert-OH is 1. The maximum Gasteiger partial charge on any atom is 0.310 e. The third kappa shape index (κ3) is 4.02. The van der Waals surface area contributed by atoms with Crippen molar-refractivity contribution in [1.82, 2.24) is 4.90 Å². The number of thioether (sulfide) groups is 1. The molecule has 1 aromatic carbocycles. The molecule has 0 aliphatic carbocycles. The van der Waals surface area contributed by atoms with E-state index >= 15 is 0 Å². The number of hydrogen-bond donors (Lipinski definition) is 1. The Bertz CT molecular complexity index is 1040. The van der Waals surface area contributed by atoms with Gasteiger partial charge in [0.2, 0.25) is 5.91 Å². The third-order valence-corrected chi connectivity index (χ3v) is 11.1. The highest BCUT2D eigenvalue weighted by atomic mass is 79.9. The molecule has 3 aliphatic rings. The summed E-state index contributed by atoms with van der Waals surface area (Å²) in [5.74, 6) is -2.13. The van der Waals surface area contributed by atoms with Crippen LogP contribution < -0.4 is 4.90 Å². The van der Waals surface area contributed by atoms with Crippen molar-refractivity contribution in [2.45, 2.75) is 67.4 Å². The Labute approximate surface area is 225 Å². The SMILES string of the molecule is C=CCN(C(=O)C1N([C@@H](CC)CO)C(=O)[C@@H]2[C@H](C(=O)OCC)[C@H]3SC12CC3Br)c1c(C)cccc1C. The minimum Gasteiger partial charge on any atom is -0.466 e. The molecule has 1 aromatic rings. The predicted molar refractivity (Wildman–Crippen MR) is 145 cm³/mol.